The fourth-order valence-corrected chi connectivity index (χ4v) is 1.70. The van der Waals surface area contributed by atoms with Crippen molar-refractivity contribution >= 4 is 11.6 Å². The minimum Gasteiger partial charge on any atom is -0.493 e. The molecule has 112 valence electrons. The zero-order valence-corrected chi connectivity index (χ0v) is 12.4. The van der Waals surface area contributed by atoms with Crippen molar-refractivity contribution in [1.29, 1.82) is 5.26 Å². The minimum atomic E-state index is -0.476. The quantitative estimate of drug-likeness (QED) is 0.632. The molecule has 1 N–H and O–H groups in total. The summed E-state index contributed by atoms with van der Waals surface area (Å²) in [4.78, 5) is 11.2. The Morgan fingerprint density at radius 2 is 1.90 bits per heavy atom. The zero-order valence-electron chi connectivity index (χ0n) is 12.4. The van der Waals surface area contributed by atoms with Crippen LogP contribution in [-0.2, 0) is 4.79 Å². The van der Waals surface area contributed by atoms with E-state index in [0.29, 0.717) is 28.5 Å². The van der Waals surface area contributed by atoms with Crippen molar-refractivity contribution in [1.82, 2.24) is 5.43 Å². The van der Waals surface area contributed by atoms with E-state index in [1.807, 2.05) is 0 Å². The maximum atomic E-state index is 11.2. The summed E-state index contributed by atoms with van der Waals surface area (Å²) in [6.07, 6.45) is -0.250. The predicted molar refractivity (Wildman–Crippen MR) is 76.7 cm³/mol. The molecule has 0 atom stereocenters. The molecular weight excluding hydrogens is 274 g/mol. The van der Waals surface area contributed by atoms with Crippen molar-refractivity contribution in [2.45, 2.75) is 13.3 Å². The first-order chi connectivity index (χ1) is 10.1. The van der Waals surface area contributed by atoms with E-state index >= 15 is 0 Å². The van der Waals surface area contributed by atoms with Crippen molar-refractivity contribution in [2.24, 2.45) is 5.10 Å². The standard InChI is InChI=1S/C14H17N3O4/c1-9(16-17-12(18)7-8-15)10-5-6-11(19-2)14(21-4)13(10)20-3/h5-6H,7H2,1-4H3,(H,17,18)/b16-9+. The number of nitrogens with zero attached hydrogens (tertiary/aromatic N) is 2. The summed E-state index contributed by atoms with van der Waals surface area (Å²) in [5, 5.41) is 12.4. The number of carbonyl (C=O) groups excluding carboxylic acids is 1. The summed E-state index contributed by atoms with van der Waals surface area (Å²) in [5.74, 6) is 0.943. The van der Waals surface area contributed by atoms with Crippen LogP contribution in [0.1, 0.15) is 18.9 Å². The topological polar surface area (TPSA) is 92.9 Å². The zero-order chi connectivity index (χ0) is 15.8. The highest BCUT2D eigenvalue weighted by atomic mass is 16.5. The molecule has 0 aliphatic heterocycles. The van der Waals surface area contributed by atoms with Crippen LogP contribution in [0.2, 0.25) is 0 Å². The van der Waals surface area contributed by atoms with Crippen molar-refractivity contribution in [3.05, 3.63) is 17.7 Å². The Kier molecular flexibility index (Phi) is 6.01. The highest BCUT2D eigenvalue weighted by Crippen LogP contribution is 2.39. The lowest BCUT2D eigenvalue weighted by molar-refractivity contribution is -0.120. The average Bonchev–Trinajstić information content (AvgIpc) is 2.51. The molecule has 0 heterocycles. The maximum absolute atomic E-state index is 11.2. The lowest BCUT2D eigenvalue weighted by atomic mass is 10.1. The van der Waals surface area contributed by atoms with Crippen LogP contribution < -0.4 is 19.6 Å². The van der Waals surface area contributed by atoms with Gasteiger partial charge >= 0.3 is 0 Å². The van der Waals surface area contributed by atoms with Gasteiger partial charge in [-0.2, -0.15) is 10.4 Å². The monoisotopic (exact) mass is 291 g/mol. The lowest BCUT2D eigenvalue weighted by Gasteiger charge is -2.15. The van der Waals surface area contributed by atoms with Gasteiger partial charge in [0.15, 0.2) is 11.5 Å². The first kappa shape index (κ1) is 16.3. The van der Waals surface area contributed by atoms with Gasteiger partial charge in [-0.25, -0.2) is 5.43 Å². The van der Waals surface area contributed by atoms with E-state index in [1.165, 1.54) is 21.3 Å². The van der Waals surface area contributed by atoms with E-state index in [-0.39, 0.29) is 6.42 Å². The number of nitriles is 1. The normalized spacial score (nSPS) is 10.5. The Morgan fingerprint density at radius 3 is 2.43 bits per heavy atom. The molecular formula is C14H17N3O4. The summed E-state index contributed by atoms with van der Waals surface area (Å²) in [5.41, 5.74) is 3.46. The van der Waals surface area contributed by atoms with Crippen molar-refractivity contribution in [2.75, 3.05) is 21.3 Å². The van der Waals surface area contributed by atoms with Crippen LogP contribution in [0, 0.1) is 11.3 Å². The molecule has 0 fully saturated rings. The van der Waals surface area contributed by atoms with Crippen LogP contribution in [-0.4, -0.2) is 32.9 Å². The molecule has 7 nitrogen and oxygen atoms in total. The van der Waals surface area contributed by atoms with E-state index in [0.717, 1.165) is 0 Å². The summed E-state index contributed by atoms with van der Waals surface area (Å²) in [7, 11) is 4.54. The van der Waals surface area contributed by atoms with Crippen LogP contribution in [0.25, 0.3) is 0 Å². The van der Waals surface area contributed by atoms with E-state index in [4.69, 9.17) is 19.5 Å². The highest BCUT2D eigenvalue weighted by molar-refractivity contribution is 6.02. The van der Waals surface area contributed by atoms with E-state index < -0.39 is 5.91 Å². The summed E-state index contributed by atoms with van der Waals surface area (Å²) in [6.45, 7) is 1.70. The number of hydrogen-bond donors (Lipinski definition) is 1. The number of rotatable bonds is 6. The molecule has 0 aromatic heterocycles. The van der Waals surface area contributed by atoms with Crippen molar-refractivity contribution in [3.63, 3.8) is 0 Å². The fraction of sp³-hybridized carbons (Fsp3) is 0.357. The van der Waals surface area contributed by atoms with Gasteiger partial charge in [-0.3, -0.25) is 4.79 Å². The second kappa shape index (κ2) is 7.75. The molecule has 0 aliphatic rings. The highest BCUT2D eigenvalue weighted by Gasteiger charge is 2.17. The number of hydrazone groups is 1. The van der Waals surface area contributed by atoms with Crippen molar-refractivity contribution < 1.29 is 19.0 Å². The molecule has 0 radical (unpaired) electrons. The number of methoxy groups -OCH3 is 3. The van der Waals surface area contributed by atoms with Gasteiger partial charge in [-0.05, 0) is 19.1 Å². The molecule has 1 aromatic rings. The van der Waals surface area contributed by atoms with Gasteiger partial charge in [0.05, 0.1) is 33.1 Å². The first-order valence-electron chi connectivity index (χ1n) is 6.08. The van der Waals surface area contributed by atoms with Crippen LogP contribution in [0.3, 0.4) is 0 Å². The predicted octanol–water partition coefficient (Wildman–Crippen LogP) is 1.47. The molecule has 1 amide bonds. The SMILES string of the molecule is COc1ccc(/C(C)=N/NC(=O)CC#N)c(OC)c1OC. The van der Waals surface area contributed by atoms with Crippen LogP contribution in [0.4, 0.5) is 0 Å². The second-order valence-corrected chi connectivity index (χ2v) is 3.95. The van der Waals surface area contributed by atoms with E-state index in [2.05, 4.69) is 10.5 Å². The lowest BCUT2D eigenvalue weighted by Crippen LogP contribution is -2.18. The number of hydrogen-bond acceptors (Lipinski definition) is 6. The maximum Gasteiger partial charge on any atom is 0.254 e. The second-order valence-electron chi connectivity index (χ2n) is 3.95. The molecule has 0 saturated carbocycles. The van der Waals surface area contributed by atoms with Gasteiger partial charge < -0.3 is 14.2 Å². The third-order valence-corrected chi connectivity index (χ3v) is 2.68. The molecule has 21 heavy (non-hydrogen) atoms. The van der Waals surface area contributed by atoms with Crippen LogP contribution in [0.5, 0.6) is 17.2 Å². The Balaban J connectivity index is 3.15. The van der Waals surface area contributed by atoms with Gasteiger partial charge in [0.25, 0.3) is 5.91 Å². The fourth-order valence-electron chi connectivity index (χ4n) is 1.70. The number of nitrogens with one attached hydrogen (secondary N) is 1. The summed E-state index contributed by atoms with van der Waals surface area (Å²) < 4.78 is 15.8. The molecule has 7 heteroatoms. The molecule has 0 bridgehead atoms. The van der Waals surface area contributed by atoms with Gasteiger partial charge in [0.2, 0.25) is 5.75 Å². The summed E-state index contributed by atoms with van der Waals surface area (Å²) >= 11 is 0. The molecule has 0 aliphatic carbocycles. The Morgan fingerprint density at radius 1 is 1.24 bits per heavy atom. The first-order valence-corrected chi connectivity index (χ1v) is 6.08. The molecule has 0 unspecified atom stereocenters. The smallest absolute Gasteiger partial charge is 0.254 e. The number of benzene rings is 1. The van der Waals surface area contributed by atoms with Crippen LogP contribution in [0.15, 0.2) is 17.2 Å². The Bertz CT molecular complexity index is 591. The van der Waals surface area contributed by atoms with Gasteiger partial charge in [0.1, 0.15) is 6.42 Å². The molecule has 1 rings (SSSR count). The van der Waals surface area contributed by atoms with E-state index in [9.17, 15) is 4.79 Å². The third kappa shape index (κ3) is 3.86. The average molecular weight is 291 g/mol. The van der Waals surface area contributed by atoms with Gasteiger partial charge in [-0.15, -0.1) is 0 Å². The van der Waals surface area contributed by atoms with Gasteiger partial charge in [-0.1, -0.05) is 0 Å². The minimum absolute atomic E-state index is 0.250. The van der Waals surface area contributed by atoms with Crippen molar-refractivity contribution in [3.8, 4) is 23.3 Å². The summed E-state index contributed by atoms with van der Waals surface area (Å²) in [6, 6.07) is 5.20. The molecule has 1 aromatic carbocycles. The van der Waals surface area contributed by atoms with E-state index in [1.54, 1.807) is 25.1 Å². The molecule has 0 spiro atoms. The van der Waals surface area contributed by atoms with Gasteiger partial charge in [0, 0.05) is 5.56 Å². The van der Waals surface area contributed by atoms with Crippen LogP contribution >= 0.6 is 0 Å². The Hall–Kier alpha value is -2.75. The number of carbonyl (C=O) groups is 1. The largest absolute Gasteiger partial charge is 0.493 e. The third-order valence-electron chi connectivity index (χ3n) is 2.68. The Labute approximate surface area is 123 Å². The number of amides is 1. The number of ether oxygens (including phenoxy) is 3. The molecule has 0 saturated heterocycles.